The van der Waals surface area contributed by atoms with Gasteiger partial charge in [-0.1, -0.05) is 45.0 Å². The fourth-order valence-corrected chi connectivity index (χ4v) is 3.02. The van der Waals surface area contributed by atoms with Crippen LogP contribution in [0.3, 0.4) is 0 Å². The van der Waals surface area contributed by atoms with Gasteiger partial charge in [0.2, 0.25) is 5.91 Å². The van der Waals surface area contributed by atoms with Crippen LogP contribution in [0, 0.1) is 5.92 Å². The van der Waals surface area contributed by atoms with Crippen molar-refractivity contribution in [3.05, 3.63) is 41.2 Å². The van der Waals surface area contributed by atoms with Crippen molar-refractivity contribution in [1.82, 2.24) is 9.97 Å². The molecule has 0 atom stereocenters. The van der Waals surface area contributed by atoms with E-state index in [2.05, 4.69) is 23.5 Å². The van der Waals surface area contributed by atoms with Crippen molar-refractivity contribution in [2.75, 3.05) is 5.32 Å². The van der Waals surface area contributed by atoms with Crippen LogP contribution in [0.25, 0.3) is 11.3 Å². The van der Waals surface area contributed by atoms with Crippen LogP contribution in [0.4, 0.5) is 5.82 Å². The lowest BCUT2D eigenvalue weighted by Crippen LogP contribution is -2.19. The van der Waals surface area contributed by atoms with E-state index in [-0.39, 0.29) is 5.91 Å². The zero-order valence-electron chi connectivity index (χ0n) is 14.0. The van der Waals surface area contributed by atoms with Crippen molar-refractivity contribution in [3.63, 3.8) is 0 Å². The Bertz CT molecular complexity index is 737. The molecule has 0 spiro atoms. The first-order valence-corrected chi connectivity index (χ1v) is 8.36. The smallest absolute Gasteiger partial charge is 0.225 e. The number of amides is 1. The minimum Gasteiger partial charge on any atom is -0.309 e. The predicted octanol–water partition coefficient (Wildman–Crippen LogP) is 3.79. The molecule has 0 bridgehead atoms. The van der Waals surface area contributed by atoms with Gasteiger partial charge in [-0.2, -0.15) is 0 Å². The van der Waals surface area contributed by atoms with E-state index in [1.54, 1.807) is 0 Å². The summed E-state index contributed by atoms with van der Waals surface area (Å²) in [5, 5.41) is 2.95. The van der Waals surface area contributed by atoms with Crippen LogP contribution < -0.4 is 5.32 Å². The van der Waals surface area contributed by atoms with E-state index in [4.69, 9.17) is 9.97 Å². The Morgan fingerprint density at radius 3 is 2.74 bits per heavy atom. The third-order valence-electron chi connectivity index (χ3n) is 4.13. The predicted molar refractivity (Wildman–Crippen MR) is 92.3 cm³/mol. The van der Waals surface area contributed by atoms with Crippen molar-refractivity contribution < 1.29 is 4.79 Å². The first kappa shape index (κ1) is 15.7. The number of fused-ring (bicyclic) bond motifs is 3. The number of carbonyl (C=O) groups excluding carboxylic acids is 1. The number of rotatable bonds is 4. The SMILES string of the molecule is CCc1nc2c(nc1NC(=O)CC(C)C)CCc1ccccc1-2. The Labute approximate surface area is 137 Å². The highest BCUT2D eigenvalue weighted by Gasteiger charge is 2.21. The Hall–Kier alpha value is -2.23. The van der Waals surface area contributed by atoms with Crippen LogP contribution in [-0.4, -0.2) is 15.9 Å². The van der Waals surface area contributed by atoms with E-state index in [1.807, 2.05) is 26.8 Å². The third-order valence-corrected chi connectivity index (χ3v) is 4.13. The lowest BCUT2D eigenvalue weighted by atomic mass is 9.92. The minimum absolute atomic E-state index is 0.0140. The second-order valence-corrected chi connectivity index (χ2v) is 6.47. The summed E-state index contributed by atoms with van der Waals surface area (Å²) in [7, 11) is 0. The largest absolute Gasteiger partial charge is 0.309 e. The fourth-order valence-electron chi connectivity index (χ4n) is 3.02. The van der Waals surface area contributed by atoms with Gasteiger partial charge in [0.1, 0.15) is 0 Å². The maximum atomic E-state index is 12.1. The normalized spacial score (nSPS) is 12.7. The van der Waals surface area contributed by atoms with Gasteiger partial charge in [-0.05, 0) is 30.7 Å². The molecular formula is C19H23N3O. The first-order valence-electron chi connectivity index (χ1n) is 8.36. The molecule has 0 radical (unpaired) electrons. The second-order valence-electron chi connectivity index (χ2n) is 6.47. The van der Waals surface area contributed by atoms with Gasteiger partial charge in [0, 0.05) is 12.0 Å². The molecule has 1 N–H and O–H groups in total. The number of hydrogen-bond donors (Lipinski definition) is 1. The summed E-state index contributed by atoms with van der Waals surface area (Å²) in [6.45, 7) is 6.12. The molecule has 3 rings (SSSR count). The van der Waals surface area contributed by atoms with E-state index >= 15 is 0 Å². The molecule has 1 aromatic carbocycles. The van der Waals surface area contributed by atoms with E-state index in [0.717, 1.165) is 36.3 Å². The number of benzene rings is 1. The maximum absolute atomic E-state index is 12.1. The number of anilines is 1. The summed E-state index contributed by atoms with van der Waals surface area (Å²) in [4.78, 5) is 21.6. The van der Waals surface area contributed by atoms with Crippen molar-refractivity contribution in [2.24, 2.45) is 5.92 Å². The molecule has 4 heteroatoms. The van der Waals surface area contributed by atoms with E-state index in [1.165, 1.54) is 11.1 Å². The number of nitrogens with one attached hydrogen (secondary N) is 1. The van der Waals surface area contributed by atoms with E-state index < -0.39 is 0 Å². The molecule has 0 aliphatic heterocycles. The lowest BCUT2D eigenvalue weighted by Gasteiger charge is -2.20. The molecule has 120 valence electrons. The lowest BCUT2D eigenvalue weighted by molar-refractivity contribution is -0.116. The Morgan fingerprint density at radius 1 is 1.22 bits per heavy atom. The van der Waals surface area contributed by atoms with Crippen LogP contribution in [0.5, 0.6) is 0 Å². The van der Waals surface area contributed by atoms with E-state index in [9.17, 15) is 4.79 Å². The molecule has 1 aliphatic carbocycles. The topological polar surface area (TPSA) is 54.9 Å². The van der Waals surface area contributed by atoms with Gasteiger partial charge in [0.25, 0.3) is 0 Å². The summed E-state index contributed by atoms with van der Waals surface area (Å²) in [6.07, 6.45) is 3.10. The molecular weight excluding hydrogens is 286 g/mol. The van der Waals surface area contributed by atoms with Gasteiger partial charge >= 0.3 is 0 Å². The summed E-state index contributed by atoms with van der Waals surface area (Å²) in [5.74, 6) is 0.981. The van der Waals surface area contributed by atoms with Crippen molar-refractivity contribution in [2.45, 2.75) is 46.5 Å². The van der Waals surface area contributed by atoms with Crippen LogP contribution in [0.1, 0.15) is 44.1 Å². The fraction of sp³-hybridized carbons (Fsp3) is 0.421. The zero-order chi connectivity index (χ0) is 16.4. The van der Waals surface area contributed by atoms with Gasteiger partial charge in [0.05, 0.1) is 17.1 Å². The Morgan fingerprint density at radius 2 is 2.00 bits per heavy atom. The third kappa shape index (κ3) is 3.26. The summed E-state index contributed by atoms with van der Waals surface area (Å²) in [5.41, 5.74) is 5.33. The number of carbonyl (C=O) groups is 1. The highest BCUT2D eigenvalue weighted by Crippen LogP contribution is 2.32. The standard InChI is InChI=1S/C19H23N3O/c1-4-15-19(22-17(23)11-12(2)3)21-16-10-9-13-7-5-6-8-14(13)18(16)20-15/h5-8,12H,4,9-11H2,1-3H3,(H,21,22,23). The van der Waals surface area contributed by atoms with E-state index in [0.29, 0.717) is 18.2 Å². The second kappa shape index (κ2) is 6.49. The number of aromatic nitrogens is 2. The zero-order valence-corrected chi connectivity index (χ0v) is 14.0. The van der Waals surface area contributed by atoms with Gasteiger partial charge in [-0.15, -0.1) is 0 Å². The van der Waals surface area contributed by atoms with Gasteiger partial charge < -0.3 is 5.32 Å². The molecule has 23 heavy (non-hydrogen) atoms. The van der Waals surface area contributed by atoms with Crippen LogP contribution in [0.2, 0.25) is 0 Å². The van der Waals surface area contributed by atoms with Gasteiger partial charge in [-0.3, -0.25) is 4.79 Å². The monoisotopic (exact) mass is 309 g/mol. The first-order chi connectivity index (χ1) is 11.1. The van der Waals surface area contributed by atoms with Crippen LogP contribution in [-0.2, 0) is 24.1 Å². The van der Waals surface area contributed by atoms with Gasteiger partial charge in [0.15, 0.2) is 5.82 Å². The molecule has 0 unspecified atom stereocenters. The van der Waals surface area contributed by atoms with Gasteiger partial charge in [-0.25, -0.2) is 9.97 Å². The minimum atomic E-state index is 0.0140. The summed E-state index contributed by atoms with van der Waals surface area (Å²) in [6, 6.07) is 8.38. The highest BCUT2D eigenvalue weighted by atomic mass is 16.1. The van der Waals surface area contributed by atoms with Crippen molar-refractivity contribution >= 4 is 11.7 Å². The quantitative estimate of drug-likeness (QED) is 0.935. The van der Waals surface area contributed by atoms with Crippen LogP contribution in [0.15, 0.2) is 24.3 Å². The number of nitrogens with zero attached hydrogens (tertiary/aromatic N) is 2. The molecule has 1 aliphatic rings. The summed E-state index contributed by atoms with van der Waals surface area (Å²) >= 11 is 0. The molecule has 1 amide bonds. The van der Waals surface area contributed by atoms with Crippen molar-refractivity contribution in [3.8, 4) is 11.3 Å². The Balaban J connectivity index is 1.97. The number of aryl methyl sites for hydroxylation is 3. The Kier molecular flexibility index (Phi) is 4.42. The highest BCUT2D eigenvalue weighted by molar-refractivity contribution is 5.90. The van der Waals surface area contributed by atoms with Crippen molar-refractivity contribution in [1.29, 1.82) is 0 Å². The maximum Gasteiger partial charge on any atom is 0.225 e. The average Bonchev–Trinajstić information content (AvgIpc) is 2.53. The summed E-state index contributed by atoms with van der Waals surface area (Å²) < 4.78 is 0. The molecule has 4 nitrogen and oxygen atoms in total. The molecule has 0 fully saturated rings. The molecule has 2 aromatic rings. The average molecular weight is 309 g/mol. The molecule has 0 saturated heterocycles. The molecule has 1 aromatic heterocycles. The molecule has 0 saturated carbocycles. The number of hydrogen-bond acceptors (Lipinski definition) is 3. The molecule has 1 heterocycles. The van der Waals surface area contributed by atoms with Crippen LogP contribution >= 0.6 is 0 Å².